The lowest BCUT2D eigenvalue weighted by molar-refractivity contribution is 0.660. The van der Waals surface area contributed by atoms with Crippen LogP contribution < -0.4 is 0 Å². The molecule has 29 aromatic rings. The maximum Gasteiger partial charge on any atom is 0.0726 e. The third kappa shape index (κ3) is 11.4. The number of aromatic nitrogens is 3. The molecule has 6 aromatic heterocycles. The van der Waals surface area contributed by atoms with Crippen molar-refractivity contribution in [2.75, 3.05) is 0 Å². The Balaban J connectivity index is 0.000000100. The summed E-state index contributed by atoms with van der Waals surface area (Å²) in [5.74, 6) is 0. The van der Waals surface area contributed by atoms with Crippen molar-refractivity contribution in [3.05, 3.63) is 454 Å². The molecule has 6 heterocycles. The maximum absolute atomic E-state index is 2.57. The van der Waals surface area contributed by atoms with E-state index >= 15 is 0 Å². The number of rotatable bonds is 6. The van der Waals surface area contributed by atoms with E-state index in [0.717, 1.165) is 0 Å². The highest BCUT2D eigenvalue weighted by Crippen LogP contribution is 2.56. The number of hydrogen-bond donors (Lipinski definition) is 0. The zero-order chi connectivity index (χ0) is 87.4. The first-order valence-corrected chi connectivity index (χ1v) is 48.4. The first-order valence-electron chi connectivity index (χ1n) is 45.9. The van der Waals surface area contributed by atoms with E-state index in [1.54, 1.807) is 0 Å². The molecule has 0 aliphatic heterocycles. The average molecular weight is 1740 g/mol. The predicted molar refractivity (Wildman–Crippen MR) is 577 cm³/mol. The molecule has 133 heavy (non-hydrogen) atoms. The van der Waals surface area contributed by atoms with E-state index in [1.807, 2.05) is 34.0 Å². The molecule has 0 unspecified atom stereocenters. The molecule has 0 bridgehead atoms. The van der Waals surface area contributed by atoms with Crippen LogP contribution in [0.15, 0.2) is 443 Å². The normalized spacial score (nSPS) is 12.6. The minimum Gasteiger partial charge on any atom is -0.308 e. The molecule has 0 N–H and O–H groups in total. The van der Waals surface area contributed by atoms with Crippen LogP contribution in [0.4, 0.5) is 0 Å². The fraction of sp³-hybridized carbons (Fsp3) is 0.0236. The summed E-state index contributed by atoms with van der Waals surface area (Å²) in [7, 11) is 0. The van der Waals surface area contributed by atoms with E-state index in [4.69, 9.17) is 0 Å². The molecule has 0 fully saturated rings. The summed E-state index contributed by atoms with van der Waals surface area (Å²) in [5, 5.41) is 33.9. The third-order valence-electron chi connectivity index (χ3n) is 28.8. The molecular formula is C127H79N3S3. The van der Waals surface area contributed by atoms with E-state index in [1.165, 1.54) is 274 Å². The standard InChI is InChI=1S/C47H31NS.C42H25NS.C38H23NS/c1-47(2)39-20-9-7-15-33(39)34-24-23-30(27-40(34)47)48-41-25-22-29(32-19-11-13-28-12-3-4-14-31(28)32)26-38(41)43-35-16-5-6-17-36(35)44-37-18-8-10-21-42(37)49-46(44)45(43)48;1-2-12-28-24-30(22-20-26(28)10-1)43-37-23-21-29(32-18-9-13-27-11-3-4-14-31(27)32)25-36(37)39-33-15-5-6-16-34(33)40-35-17-7-8-19-38(35)44-42(40)41(39)43;1-2-10-24(11-3-1)27-19-21-33-32(23-27)35-29-14-6-7-15-30(29)36-31-16-8-9-17-34(31)40-38(36)37(35)39(33)28-20-18-25-12-4-5-13-26(25)22-28/h3-27H,1-2H3;1-25H;1-23H. The number of hydrogen-bond acceptors (Lipinski definition) is 3. The minimum absolute atomic E-state index is 0.0815. The second kappa shape index (κ2) is 29.5. The lowest BCUT2D eigenvalue weighted by atomic mass is 9.82. The Morgan fingerprint density at radius 1 is 0.180 bits per heavy atom. The van der Waals surface area contributed by atoms with Crippen molar-refractivity contribution in [3.8, 4) is 61.6 Å². The Morgan fingerprint density at radius 2 is 0.489 bits per heavy atom. The number of thiophene rings is 3. The van der Waals surface area contributed by atoms with Gasteiger partial charge in [-0.05, 0) is 222 Å². The van der Waals surface area contributed by atoms with Crippen molar-refractivity contribution in [2.45, 2.75) is 19.3 Å². The van der Waals surface area contributed by atoms with Gasteiger partial charge in [-0.2, -0.15) is 0 Å². The molecule has 30 rings (SSSR count). The molecule has 6 heteroatoms. The first-order chi connectivity index (χ1) is 65.8. The first kappa shape index (κ1) is 75.9. The number of fused-ring (bicyclic) bond motifs is 37. The van der Waals surface area contributed by atoms with Crippen LogP contribution >= 0.6 is 34.0 Å². The smallest absolute Gasteiger partial charge is 0.0726 e. The van der Waals surface area contributed by atoms with Gasteiger partial charge in [-0.25, -0.2) is 0 Å². The molecule has 620 valence electrons. The van der Waals surface area contributed by atoms with Crippen molar-refractivity contribution in [2.24, 2.45) is 0 Å². The minimum atomic E-state index is -0.0815. The zero-order valence-electron chi connectivity index (χ0n) is 72.7. The van der Waals surface area contributed by atoms with Crippen molar-refractivity contribution >= 4 is 235 Å². The average Bonchev–Trinajstić information content (AvgIpc) is 1.56. The van der Waals surface area contributed by atoms with Crippen LogP contribution in [0.2, 0.25) is 0 Å². The third-order valence-corrected chi connectivity index (χ3v) is 32.4. The lowest BCUT2D eigenvalue weighted by Crippen LogP contribution is -2.15. The zero-order valence-corrected chi connectivity index (χ0v) is 75.2. The Labute approximate surface area is 777 Å². The van der Waals surface area contributed by atoms with E-state index < -0.39 is 0 Å². The predicted octanol–water partition coefficient (Wildman–Crippen LogP) is 36.8. The SMILES string of the molecule is CC1(C)c2ccccc2-c2ccc(-n3c4ccc(-c5cccc6ccccc56)cc4c4c5ccccc5c5c6ccccc6sc5c43)cc21.c1ccc(-c2ccc3c(c2)c2c4ccccc4c4c5ccccc5sc4c2n3-c2ccc3ccccc3c2)cc1.c1ccc2cc(-n3c4ccc(-c5cccc6ccccc56)cc4c4c5ccccc5c5c6ccccc6sc5c43)ccc2c1. The Bertz CT molecular complexity index is 10000. The van der Waals surface area contributed by atoms with Gasteiger partial charge in [0.15, 0.2) is 0 Å². The highest BCUT2D eigenvalue weighted by molar-refractivity contribution is 7.28. The second-order valence-corrected chi connectivity index (χ2v) is 39.5. The van der Waals surface area contributed by atoms with Crippen molar-refractivity contribution in [3.63, 3.8) is 0 Å². The summed E-state index contributed by atoms with van der Waals surface area (Å²) in [5.41, 5.74) is 24.1. The molecule has 0 saturated heterocycles. The Hall–Kier alpha value is -16.1. The van der Waals surface area contributed by atoms with Gasteiger partial charge in [0.05, 0.1) is 47.2 Å². The molecule has 0 amide bonds. The van der Waals surface area contributed by atoms with Crippen LogP contribution in [-0.2, 0) is 5.41 Å². The van der Waals surface area contributed by atoms with Crippen molar-refractivity contribution in [1.29, 1.82) is 0 Å². The van der Waals surface area contributed by atoms with Gasteiger partial charge in [0.2, 0.25) is 0 Å². The fourth-order valence-electron chi connectivity index (χ4n) is 22.9. The van der Waals surface area contributed by atoms with Gasteiger partial charge in [0, 0.05) is 101 Å². The summed E-state index contributed by atoms with van der Waals surface area (Å²) in [4.78, 5) is 0. The largest absolute Gasteiger partial charge is 0.308 e. The van der Waals surface area contributed by atoms with E-state index in [-0.39, 0.29) is 5.41 Å². The summed E-state index contributed by atoms with van der Waals surface area (Å²) in [6.07, 6.45) is 0. The summed E-state index contributed by atoms with van der Waals surface area (Å²) in [6.45, 7) is 4.75. The van der Waals surface area contributed by atoms with Crippen molar-refractivity contribution in [1.82, 2.24) is 13.7 Å². The fourth-order valence-corrected chi connectivity index (χ4v) is 26.7. The second-order valence-electron chi connectivity index (χ2n) is 36.3. The van der Waals surface area contributed by atoms with E-state index in [9.17, 15) is 0 Å². The van der Waals surface area contributed by atoms with Crippen LogP contribution in [0.1, 0.15) is 25.0 Å². The van der Waals surface area contributed by atoms with Crippen LogP contribution in [0, 0.1) is 0 Å². The molecule has 3 nitrogen and oxygen atoms in total. The van der Waals surface area contributed by atoms with Crippen LogP contribution in [-0.4, -0.2) is 13.7 Å². The number of benzene rings is 23. The quantitative estimate of drug-likeness (QED) is 0.158. The molecule has 0 spiro atoms. The van der Waals surface area contributed by atoms with Gasteiger partial charge >= 0.3 is 0 Å². The summed E-state index contributed by atoms with van der Waals surface area (Å²) < 4.78 is 15.6. The highest BCUT2D eigenvalue weighted by Gasteiger charge is 2.36. The van der Waals surface area contributed by atoms with Gasteiger partial charge in [-0.15, -0.1) is 34.0 Å². The number of nitrogens with zero attached hydrogens (tertiary/aromatic N) is 3. The molecule has 1 aliphatic rings. The summed E-state index contributed by atoms with van der Waals surface area (Å²) >= 11 is 5.76. The maximum atomic E-state index is 2.57. The highest BCUT2D eigenvalue weighted by atomic mass is 32.1. The van der Waals surface area contributed by atoms with Gasteiger partial charge < -0.3 is 13.7 Å². The Kier molecular flexibility index (Phi) is 16.8. The molecular weight excluding hydrogens is 1660 g/mol. The molecule has 1 aliphatic carbocycles. The monoisotopic (exact) mass is 1740 g/mol. The lowest BCUT2D eigenvalue weighted by Gasteiger charge is -2.22. The van der Waals surface area contributed by atoms with Crippen molar-refractivity contribution < 1.29 is 0 Å². The molecule has 0 radical (unpaired) electrons. The molecule has 23 aromatic carbocycles. The van der Waals surface area contributed by atoms with Crippen LogP contribution in [0.3, 0.4) is 0 Å². The van der Waals surface area contributed by atoms with Gasteiger partial charge in [-0.1, -0.05) is 366 Å². The van der Waals surface area contributed by atoms with Crippen LogP contribution in [0.25, 0.3) is 263 Å². The van der Waals surface area contributed by atoms with Gasteiger partial charge in [0.1, 0.15) is 0 Å². The molecule has 0 saturated carbocycles. The van der Waals surface area contributed by atoms with E-state index in [0.29, 0.717) is 0 Å². The van der Waals surface area contributed by atoms with Crippen LogP contribution in [0.5, 0.6) is 0 Å². The summed E-state index contributed by atoms with van der Waals surface area (Å²) in [6, 6.07) is 164. The Morgan fingerprint density at radius 3 is 0.925 bits per heavy atom. The molecule has 0 atom stereocenters. The van der Waals surface area contributed by atoms with Gasteiger partial charge in [0.25, 0.3) is 0 Å². The van der Waals surface area contributed by atoms with Gasteiger partial charge in [-0.3, -0.25) is 0 Å². The van der Waals surface area contributed by atoms with E-state index in [2.05, 4.69) is 470 Å². The topological polar surface area (TPSA) is 14.8 Å².